The molecule has 4 aromatic carbocycles. The van der Waals surface area contributed by atoms with Gasteiger partial charge in [0.15, 0.2) is 0 Å². The highest BCUT2D eigenvalue weighted by atomic mass is 19.1. The van der Waals surface area contributed by atoms with Crippen molar-refractivity contribution in [2.45, 2.75) is 214 Å². The summed E-state index contributed by atoms with van der Waals surface area (Å²) in [5.74, 6) is 1.20. The molecule has 5 nitrogen and oxygen atoms in total. The van der Waals surface area contributed by atoms with Gasteiger partial charge in [0.25, 0.3) is 0 Å². The van der Waals surface area contributed by atoms with Crippen molar-refractivity contribution in [3.8, 4) is 17.2 Å². The number of nitrogens with zero attached hydrogens (tertiary/aromatic N) is 1. The second-order valence-electron chi connectivity index (χ2n) is 23.0. The molecule has 0 saturated carbocycles. The molecular formula is C60H88FNO4. The molecule has 0 heterocycles. The minimum absolute atomic E-state index is 0.0871. The molecule has 4 rings (SSSR count). The van der Waals surface area contributed by atoms with Crippen molar-refractivity contribution in [3.05, 3.63) is 123 Å². The molecule has 0 spiro atoms. The molecule has 0 aliphatic heterocycles. The summed E-state index contributed by atoms with van der Waals surface area (Å²) in [6.07, 6.45) is 15.9. The van der Waals surface area contributed by atoms with Crippen molar-refractivity contribution >= 4 is 6.21 Å². The normalized spacial score (nSPS) is 13.4. The van der Waals surface area contributed by atoms with E-state index in [1.54, 1.807) is 0 Å². The number of hydrogen-bond acceptors (Lipinski definition) is 5. The number of unbranched alkanes of at least 4 members (excludes halogenated alkanes) is 10. The summed E-state index contributed by atoms with van der Waals surface area (Å²) < 4.78 is 28.6. The van der Waals surface area contributed by atoms with E-state index in [1.165, 1.54) is 75.8 Å². The predicted octanol–water partition coefficient (Wildman–Crippen LogP) is 16.2. The summed E-state index contributed by atoms with van der Waals surface area (Å²) in [7, 11) is 0. The Hall–Kier alpha value is -4.16. The highest BCUT2D eigenvalue weighted by Crippen LogP contribution is 2.49. The summed E-state index contributed by atoms with van der Waals surface area (Å²) >= 11 is 0. The first-order chi connectivity index (χ1) is 30.9. The number of benzene rings is 4. The number of phenols is 1. The van der Waals surface area contributed by atoms with Crippen LogP contribution in [0.15, 0.2) is 77.8 Å². The number of rotatable bonds is 23. The Kier molecular flexibility index (Phi) is 19.6. The number of phenolic OH excluding ortho intramolecular Hbond substituents is 1. The van der Waals surface area contributed by atoms with Crippen LogP contribution in [0.25, 0.3) is 0 Å². The van der Waals surface area contributed by atoms with Crippen LogP contribution in [0.1, 0.15) is 218 Å². The van der Waals surface area contributed by atoms with E-state index in [1.807, 2.05) is 18.2 Å². The summed E-state index contributed by atoms with van der Waals surface area (Å²) in [5, 5.41) is 25.5. The van der Waals surface area contributed by atoms with Crippen LogP contribution < -0.4 is 9.47 Å². The van der Waals surface area contributed by atoms with Gasteiger partial charge in [0, 0.05) is 34.0 Å². The summed E-state index contributed by atoms with van der Waals surface area (Å²) in [5.41, 5.74) is 3.50. The number of aromatic hydroxyl groups is 1. The highest BCUT2D eigenvalue weighted by Gasteiger charge is 2.45. The zero-order chi connectivity index (χ0) is 48.9. The zero-order valence-corrected chi connectivity index (χ0v) is 43.7. The lowest BCUT2D eigenvalue weighted by Gasteiger charge is -2.40. The van der Waals surface area contributed by atoms with Crippen molar-refractivity contribution in [1.82, 2.24) is 0 Å². The number of aliphatic imine (C=N–C) groups is 1. The molecule has 6 heteroatoms. The minimum atomic E-state index is -1.76. The number of aliphatic hydroxyl groups is 1. The van der Waals surface area contributed by atoms with E-state index >= 15 is 0 Å². The van der Waals surface area contributed by atoms with Crippen LogP contribution >= 0.6 is 0 Å². The fourth-order valence-electron chi connectivity index (χ4n) is 8.85. The van der Waals surface area contributed by atoms with Gasteiger partial charge in [-0.1, -0.05) is 191 Å². The van der Waals surface area contributed by atoms with Gasteiger partial charge in [-0.3, -0.25) is 4.99 Å². The van der Waals surface area contributed by atoms with Gasteiger partial charge >= 0.3 is 0 Å². The van der Waals surface area contributed by atoms with Crippen molar-refractivity contribution < 1.29 is 24.1 Å². The lowest BCUT2D eigenvalue weighted by molar-refractivity contribution is 0.0520. The Labute approximate surface area is 401 Å². The molecule has 1 unspecified atom stereocenters. The SMILES string of the molecule is CCCCCCCCOc1c(C(C)(C)C)cc(C(O)(c2cc(C(C)(C)C)c(OCCCCCCCC)c(C(C)(C)C)c2)C(Cc2ccccc2)N=Cc2cc(F)ccc2O)cc1C(C)(C)C. The average Bonchev–Trinajstić information content (AvgIpc) is 3.23. The Morgan fingerprint density at radius 1 is 0.545 bits per heavy atom. The molecular weight excluding hydrogens is 818 g/mol. The van der Waals surface area contributed by atoms with E-state index in [4.69, 9.17) is 14.5 Å². The Morgan fingerprint density at radius 2 is 0.939 bits per heavy atom. The molecule has 4 aromatic rings. The number of hydrogen-bond donors (Lipinski definition) is 2. The molecule has 0 bridgehead atoms. The van der Waals surface area contributed by atoms with Gasteiger partial charge in [0.05, 0.1) is 19.3 Å². The minimum Gasteiger partial charge on any atom is -0.507 e. The van der Waals surface area contributed by atoms with Gasteiger partial charge in [-0.05, 0) is 100 Å². The lowest BCUT2D eigenvalue weighted by Crippen LogP contribution is -2.42. The maximum atomic E-state index is 14.8. The quantitative estimate of drug-likeness (QED) is 0.0575. The number of halogens is 1. The summed E-state index contributed by atoms with van der Waals surface area (Å²) in [4.78, 5) is 5.25. The molecule has 0 amide bonds. The van der Waals surface area contributed by atoms with E-state index in [9.17, 15) is 14.6 Å². The first-order valence-corrected chi connectivity index (χ1v) is 25.3. The van der Waals surface area contributed by atoms with Crippen molar-refractivity contribution in [2.24, 2.45) is 4.99 Å². The summed E-state index contributed by atoms with van der Waals surface area (Å²) in [6.45, 7) is 32.3. The third kappa shape index (κ3) is 14.9. The maximum absolute atomic E-state index is 14.8. The third-order valence-electron chi connectivity index (χ3n) is 12.9. The van der Waals surface area contributed by atoms with Gasteiger partial charge in [-0.15, -0.1) is 0 Å². The van der Waals surface area contributed by atoms with Gasteiger partial charge in [-0.25, -0.2) is 4.39 Å². The Morgan fingerprint density at radius 3 is 1.33 bits per heavy atom. The van der Waals surface area contributed by atoms with Crippen molar-refractivity contribution in [2.75, 3.05) is 13.2 Å². The largest absolute Gasteiger partial charge is 0.507 e. The van der Waals surface area contributed by atoms with E-state index in [0.29, 0.717) is 30.8 Å². The Bertz CT molecular complexity index is 1980. The van der Waals surface area contributed by atoms with Crippen LogP contribution in [0.2, 0.25) is 0 Å². The lowest BCUT2D eigenvalue weighted by atomic mass is 9.70. The molecule has 0 aromatic heterocycles. The fraction of sp³-hybridized carbons (Fsp3) is 0.583. The summed E-state index contributed by atoms with van der Waals surface area (Å²) in [6, 6.07) is 21.8. The number of ether oxygens (including phenoxy) is 2. The monoisotopic (exact) mass is 906 g/mol. The molecule has 0 aliphatic carbocycles. The molecule has 0 radical (unpaired) electrons. The van der Waals surface area contributed by atoms with Gasteiger partial charge < -0.3 is 19.7 Å². The van der Waals surface area contributed by atoms with Crippen LogP contribution in [0.4, 0.5) is 4.39 Å². The second kappa shape index (κ2) is 23.7. The molecule has 66 heavy (non-hydrogen) atoms. The molecule has 364 valence electrons. The first-order valence-electron chi connectivity index (χ1n) is 25.3. The molecule has 0 saturated heterocycles. The second-order valence-corrected chi connectivity index (χ2v) is 23.0. The van der Waals surface area contributed by atoms with Gasteiger partial charge in [0.1, 0.15) is 28.7 Å². The Balaban J connectivity index is 2.13. The fourth-order valence-corrected chi connectivity index (χ4v) is 8.85. The van der Waals surface area contributed by atoms with E-state index in [-0.39, 0.29) is 33.0 Å². The smallest absolute Gasteiger partial charge is 0.137 e. The molecule has 2 N–H and O–H groups in total. The highest BCUT2D eigenvalue weighted by molar-refractivity contribution is 5.83. The standard InChI is InChI=1S/C60H88FNO4/c1-15-17-19-21-23-28-34-65-54-48(56(3,4)5)38-45(39-49(54)57(6,7)8)60(64,53(36-43-30-26-25-27-31-43)62-42-44-37-47(61)32-33-52(44)63)46-40-50(58(9,10)11)55(51(41-46)59(12,13)14)66-35-29-24-22-20-18-16-2/h25-27,30-33,37-42,53,63-64H,15-24,28-29,34-36H2,1-14H3. The third-order valence-corrected chi connectivity index (χ3v) is 12.9. The van der Waals surface area contributed by atoms with Crippen molar-refractivity contribution in [3.63, 3.8) is 0 Å². The van der Waals surface area contributed by atoms with E-state index in [0.717, 1.165) is 65.0 Å². The van der Waals surface area contributed by atoms with Crippen LogP contribution in [0.3, 0.4) is 0 Å². The van der Waals surface area contributed by atoms with Crippen LogP contribution in [-0.2, 0) is 33.7 Å². The zero-order valence-electron chi connectivity index (χ0n) is 43.7. The first kappa shape index (κ1) is 54.4. The molecule has 1 atom stereocenters. The molecule has 0 aliphatic rings. The van der Waals surface area contributed by atoms with Gasteiger partial charge in [0.2, 0.25) is 0 Å². The van der Waals surface area contributed by atoms with Crippen LogP contribution in [-0.4, -0.2) is 35.7 Å². The van der Waals surface area contributed by atoms with E-state index < -0.39 is 17.5 Å². The van der Waals surface area contributed by atoms with E-state index in [2.05, 4.69) is 133 Å². The van der Waals surface area contributed by atoms with Crippen LogP contribution in [0, 0.1) is 5.82 Å². The average molecular weight is 906 g/mol. The van der Waals surface area contributed by atoms with Crippen molar-refractivity contribution in [1.29, 1.82) is 0 Å². The molecule has 0 fully saturated rings. The van der Waals surface area contributed by atoms with Gasteiger partial charge in [-0.2, -0.15) is 0 Å². The van der Waals surface area contributed by atoms with Crippen LogP contribution in [0.5, 0.6) is 17.2 Å². The predicted molar refractivity (Wildman–Crippen MR) is 278 cm³/mol. The maximum Gasteiger partial charge on any atom is 0.137 e. The topological polar surface area (TPSA) is 71.3 Å².